The van der Waals surface area contributed by atoms with Crippen LogP contribution in [0, 0.1) is 6.92 Å². The quantitative estimate of drug-likeness (QED) is 0.206. The molecule has 0 bridgehead atoms. The fourth-order valence-electron chi connectivity index (χ4n) is 3.98. The number of hydrogen-bond donors (Lipinski definition) is 0. The van der Waals surface area contributed by atoms with Crippen molar-refractivity contribution < 1.29 is 9.53 Å². The SMILES string of the molecule is CCN(CC)c1ccc(/C=C2/SC(=S)N(c3ccccc3C)C2=O)c(OCc2ccc(Cl)cc2Cl)c1. The van der Waals surface area contributed by atoms with Crippen LogP contribution in [0.4, 0.5) is 11.4 Å². The Morgan fingerprint density at radius 3 is 2.50 bits per heavy atom. The lowest BCUT2D eigenvalue weighted by atomic mass is 10.1. The van der Waals surface area contributed by atoms with Crippen molar-refractivity contribution in [2.45, 2.75) is 27.4 Å². The van der Waals surface area contributed by atoms with E-state index in [1.54, 1.807) is 17.0 Å². The summed E-state index contributed by atoms with van der Waals surface area (Å²) >= 11 is 19.3. The van der Waals surface area contributed by atoms with Gasteiger partial charge < -0.3 is 9.64 Å². The Morgan fingerprint density at radius 2 is 1.81 bits per heavy atom. The van der Waals surface area contributed by atoms with Gasteiger partial charge in [0.05, 0.1) is 10.6 Å². The number of amides is 1. The maximum absolute atomic E-state index is 13.4. The number of benzene rings is 3. The van der Waals surface area contributed by atoms with Crippen molar-refractivity contribution in [1.29, 1.82) is 0 Å². The van der Waals surface area contributed by atoms with Gasteiger partial charge in [0.2, 0.25) is 0 Å². The highest BCUT2D eigenvalue weighted by Crippen LogP contribution is 2.39. The Morgan fingerprint density at radius 1 is 1.06 bits per heavy atom. The van der Waals surface area contributed by atoms with Gasteiger partial charge in [-0.1, -0.05) is 71.4 Å². The van der Waals surface area contributed by atoms with E-state index in [0.717, 1.165) is 41.2 Å². The Labute approximate surface area is 231 Å². The molecule has 3 aromatic carbocycles. The summed E-state index contributed by atoms with van der Waals surface area (Å²) in [5.74, 6) is 0.519. The number of carbonyl (C=O) groups is 1. The molecule has 0 spiro atoms. The highest BCUT2D eigenvalue weighted by Gasteiger charge is 2.34. The summed E-state index contributed by atoms with van der Waals surface area (Å²) < 4.78 is 6.77. The molecule has 1 amide bonds. The third-order valence-corrected chi connectivity index (χ3v) is 7.85. The Balaban J connectivity index is 1.68. The van der Waals surface area contributed by atoms with E-state index >= 15 is 0 Å². The number of carbonyl (C=O) groups excluding carboxylic acids is 1. The van der Waals surface area contributed by atoms with Gasteiger partial charge >= 0.3 is 0 Å². The average Bonchev–Trinajstić information content (AvgIpc) is 3.13. The molecular formula is C28H26Cl2N2O2S2. The van der Waals surface area contributed by atoms with Crippen molar-refractivity contribution in [1.82, 2.24) is 0 Å². The molecule has 8 heteroatoms. The number of nitrogens with zero attached hydrogens (tertiary/aromatic N) is 2. The van der Waals surface area contributed by atoms with Gasteiger partial charge in [-0.3, -0.25) is 9.69 Å². The predicted octanol–water partition coefficient (Wildman–Crippen LogP) is 8.13. The summed E-state index contributed by atoms with van der Waals surface area (Å²) in [5, 5.41) is 1.12. The molecule has 0 radical (unpaired) electrons. The van der Waals surface area contributed by atoms with E-state index in [4.69, 9.17) is 40.2 Å². The summed E-state index contributed by atoms with van der Waals surface area (Å²) in [6.45, 7) is 8.20. The lowest BCUT2D eigenvalue weighted by Gasteiger charge is -2.22. The number of anilines is 2. The molecule has 1 fully saturated rings. The Kier molecular flexibility index (Phi) is 8.62. The van der Waals surface area contributed by atoms with Crippen LogP contribution in [0.25, 0.3) is 6.08 Å². The van der Waals surface area contributed by atoms with Gasteiger partial charge in [0.25, 0.3) is 5.91 Å². The summed E-state index contributed by atoms with van der Waals surface area (Å²) in [5.41, 5.74) is 4.45. The maximum Gasteiger partial charge on any atom is 0.270 e. The lowest BCUT2D eigenvalue weighted by molar-refractivity contribution is -0.113. The van der Waals surface area contributed by atoms with Crippen LogP contribution in [0.5, 0.6) is 5.75 Å². The summed E-state index contributed by atoms with van der Waals surface area (Å²) in [4.78, 5) is 17.8. The lowest BCUT2D eigenvalue weighted by Crippen LogP contribution is -2.28. The number of hydrogen-bond acceptors (Lipinski definition) is 5. The van der Waals surface area contributed by atoms with E-state index in [-0.39, 0.29) is 12.5 Å². The third-order valence-electron chi connectivity index (χ3n) is 5.96. The topological polar surface area (TPSA) is 32.8 Å². The second kappa shape index (κ2) is 11.7. The van der Waals surface area contributed by atoms with Crippen LogP contribution in [-0.2, 0) is 11.4 Å². The van der Waals surface area contributed by atoms with Crippen molar-refractivity contribution in [2.75, 3.05) is 22.9 Å². The zero-order chi connectivity index (χ0) is 25.8. The van der Waals surface area contributed by atoms with Crippen molar-refractivity contribution in [2.24, 2.45) is 0 Å². The van der Waals surface area contributed by atoms with Crippen LogP contribution in [-0.4, -0.2) is 23.3 Å². The van der Waals surface area contributed by atoms with Crippen molar-refractivity contribution in [3.8, 4) is 5.75 Å². The zero-order valence-electron chi connectivity index (χ0n) is 20.3. The van der Waals surface area contributed by atoms with Gasteiger partial charge in [-0.05, 0) is 62.7 Å². The minimum absolute atomic E-state index is 0.140. The second-order valence-corrected chi connectivity index (χ2v) is 10.7. The molecule has 1 aliphatic rings. The van der Waals surface area contributed by atoms with Crippen LogP contribution in [0.2, 0.25) is 10.0 Å². The number of aryl methyl sites for hydroxylation is 1. The van der Waals surface area contributed by atoms with Crippen molar-refractivity contribution >= 4 is 74.9 Å². The average molecular weight is 558 g/mol. The molecule has 186 valence electrons. The first-order chi connectivity index (χ1) is 17.3. The number of ether oxygens (including phenoxy) is 1. The fraction of sp³-hybridized carbons (Fsp3) is 0.214. The monoisotopic (exact) mass is 556 g/mol. The van der Waals surface area contributed by atoms with E-state index in [1.807, 2.05) is 61.5 Å². The fourth-order valence-corrected chi connectivity index (χ4v) is 5.72. The molecule has 0 saturated carbocycles. The molecule has 0 aromatic heterocycles. The van der Waals surface area contributed by atoms with Gasteiger partial charge in [0.1, 0.15) is 12.4 Å². The van der Waals surface area contributed by atoms with Gasteiger partial charge in [-0.2, -0.15) is 0 Å². The summed E-state index contributed by atoms with van der Waals surface area (Å²) in [6, 6.07) is 19.1. The Hall–Kier alpha value is -2.51. The first-order valence-corrected chi connectivity index (χ1v) is 13.6. The smallest absolute Gasteiger partial charge is 0.270 e. The number of thioether (sulfide) groups is 1. The van der Waals surface area contributed by atoms with E-state index in [0.29, 0.717) is 25.0 Å². The molecule has 0 aliphatic carbocycles. The molecule has 36 heavy (non-hydrogen) atoms. The normalized spacial score (nSPS) is 14.6. The largest absolute Gasteiger partial charge is 0.488 e. The van der Waals surface area contributed by atoms with E-state index in [9.17, 15) is 4.79 Å². The van der Waals surface area contributed by atoms with E-state index in [1.165, 1.54) is 11.8 Å². The highest BCUT2D eigenvalue weighted by atomic mass is 35.5. The predicted molar refractivity (Wildman–Crippen MR) is 158 cm³/mol. The third kappa shape index (κ3) is 5.73. The van der Waals surface area contributed by atoms with Crippen LogP contribution >= 0.6 is 47.2 Å². The number of para-hydroxylation sites is 1. The summed E-state index contributed by atoms with van der Waals surface area (Å²) in [7, 11) is 0. The van der Waals surface area contributed by atoms with Crippen LogP contribution in [0.1, 0.15) is 30.5 Å². The van der Waals surface area contributed by atoms with Gasteiger partial charge in [0, 0.05) is 46.0 Å². The second-order valence-electron chi connectivity index (χ2n) is 8.22. The first-order valence-electron chi connectivity index (χ1n) is 11.6. The molecule has 4 nitrogen and oxygen atoms in total. The molecule has 0 unspecified atom stereocenters. The molecule has 1 saturated heterocycles. The van der Waals surface area contributed by atoms with Crippen LogP contribution in [0.15, 0.2) is 65.6 Å². The van der Waals surface area contributed by atoms with Gasteiger partial charge in [-0.25, -0.2) is 0 Å². The molecule has 1 aliphatic heterocycles. The van der Waals surface area contributed by atoms with Crippen LogP contribution in [0.3, 0.4) is 0 Å². The van der Waals surface area contributed by atoms with Gasteiger partial charge in [0.15, 0.2) is 4.32 Å². The maximum atomic E-state index is 13.4. The van der Waals surface area contributed by atoms with Crippen molar-refractivity contribution in [3.05, 3.63) is 92.3 Å². The zero-order valence-corrected chi connectivity index (χ0v) is 23.4. The standard InChI is InChI=1S/C28H26Cl2N2O2S2/c1-4-31(5-2)22-13-11-19(25(16-22)34-17-20-10-12-21(29)15-23(20)30)14-26-27(33)32(28(35)36-26)24-9-7-6-8-18(24)3/h6-16H,4-5,17H2,1-3H3/b26-14+. The molecule has 3 aromatic rings. The first kappa shape index (κ1) is 26.6. The number of thiocarbonyl (C=S) groups is 1. The minimum Gasteiger partial charge on any atom is -0.488 e. The summed E-state index contributed by atoms with van der Waals surface area (Å²) in [6.07, 6.45) is 1.85. The molecular weight excluding hydrogens is 531 g/mol. The van der Waals surface area contributed by atoms with E-state index < -0.39 is 0 Å². The van der Waals surface area contributed by atoms with Gasteiger partial charge in [-0.15, -0.1) is 0 Å². The highest BCUT2D eigenvalue weighted by molar-refractivity contribution is 8.27. The molecule has 0 N–H and O–H groups in total. The number of halogens is 2. The molecule has 1 heterocycles. The molecule has 4 rings (SSSR count). The number of rotatable bonds is 8. The molecule has 0 atom stereocenters. The Bertz CT molecular complexity index is 1340. The minimum atomic E-state index is -0.140. The van der Waals surface area contributed by atoms with E-state index in [2.05, 4.69) is 18.7 Å². The van der Waals surface area contributed by atoms with Crippen molar-refractivity contribution in [3.63, 3.8) is 0 Å². The van der Waals surface area contributed by atoms with Crippen LogP contribution < -0.4 is 14.5 Å².